The highest BCUT2D eigenvalue weighted by Gasteiger charge is 2.28. The zero-order valence-corrected chi connectivity index (χ0v) is 11.6. The molecule has 1 aliphatic rings. The van der Waals surface area contributed by atoms with Gasteiger partial charge >= 0.3 is 0 Å². The Labute approximate surface area is 113 Å². The summed E-state index contributed by atoms with van der Waals surface area (Å²) in [6.07, 6.45) is -0.444. The number of nitrogens with zero attached hydrogens (tertiary/aromatic N) is 1. The first-order valence-electron chi connectivity index (χ1n) is 6.65. The lowest BCUT2D eigenvalue weighted by atomic mass is 10.0. The standard InChI is InChI=1S/C15H20FNO2/c1-10(2)17-6-7-19-14(9-17)15(18)12-4-5-13(16)11(3)8-12/h4-5,8,10,14H,6-7,9H2,1-3H3. The Balaban J connectivity index is 2.12. The van der Waals surface area contributed by atoms with Crippen LogP contribution >= 0.6 is 0 Å². The maximum atomic E-state index is 13.2. The molecule has 0 N–H and O–H groups in total. The molecule has 3 nitrogen and oxygen atoms in total. The normalized spacial score (nSPS) is 20.8. The number of benzene rings is 1. The van der Waals surface area contributed by atoms with E-state index in [2.05, 4.69) is 18.7 Å². The molecule has 0 radical (unpaired) electrons. The van der Waals surface area contributed by atoms with Crippen molar-refractivity contribution in [3.8, 4) is 0 Å². The number of aryl methyl sites for hydroxylation is 1. The minimum Gasteiger partial charge on any atom is -0.367 e. The van der Waals surface area contributed by atoms with Crippen molar-refractivity contribution in [3.05, 3.63) is 35.1 Å². The Hall–Kier alpha value is -1.26. The number of rotatable bonds is 3. The Morgan fingerprint density at radius 3 is 2.84 bits per heavy atom. The fourth-order valence-electron chi connectivity index (χ4n) is 2.28. The van der Waals surface area contributed by atoms with Crippen molar-refractivity contribution in [3.63, 3.8) is 0 Å². The van der Waals surface area contributed by atoms with Gasteiger partial charge in [0.05, 0.1) is 6.61 Å². The highest BCUT2D eigenvalue weighted by Crippen LogP contribution is 2.16. The van der Waals surface area contributed by atoms with E-state index in [1.54, 1.807) is 13.0 Å². The largest absolute Gasteiger partial charge is 0.367 e. The second-order valence-electron chi connectivity index (χ2n) is 5.28. The lowest BCUT2D eigenvalue weighted by Gasteiger charge is -2.34. The third-order valence-electron chi connectivity index (χ3n) is 3.56. The van der Waals surface area contributed by atoms with Crippen LogP contribution in [0.25, 0.3) is 0 Å². The summed E-state index contributed by atoms with van der Waals surface area (Å²) in [6.45, 7) is 7.89. The minimum absolute atomic E-state index is 0.0616. The second-order valence-corrected chi connectivity index (χ2v) is 5.28. The van der Waals surface area contributed by atoms with Crippen LogP contribution in [-0.4, -0.2) is 42.5 Å². The van der Waals surface area contributed by atoms with Crippen LogP contribution in [0.15, 0.2) is 18.2 Å². The molecule has 1 atom stereocenters. The zero-order chi connectivity index (χ0) is 14.0. The van der Waals surface area contributed by atoms with Crippen molar-refractivity contribution >= 4 is 5.78 Å². The lowest BCUT2D eigenvalue weighted by molar-refractivity contribution is -0.0256. The van der Waals surface area contributed by atoms with Crippen LogP contribution in [0, 0.1) is 12.7 Å². The van der Waals surface area contributed by atoms with E-state index in [0.29, 0.717) is 30.3 Å². The van der Waals surface area contributed by atoms with Crippen LogP contribution in [0.4, 0.5) is 4.39 Å². The Bertz CT molecular complexity index is 473. The van der Waals surface area contributed by atoms with E-state index in [-0.39, 0.29) is 11.6 Å². The summed E-state index contributed by atoms with van der Waals surface area (Å²) in [5, 5.41) is 0. The predicted molar refractivity (Wildman–Crippen MR) is 71.9 cm³/mol. The van der Waals surface area contributed by atoms with E-state index >= 15 is 0 Å². The zero-order valence-electron chi connectivity index (χ0n) is 11.6. The van der Waals surface area contributed by atoms with Crippen molar-refractivity contribution in [2.24, 2.45) is 0 Å². The number of hydrogen-bond acceptors (Lipinski definition) is 3. The third kappa shape index (κ3) is 3.19. The van der Waals surface area contributed by atoms with E-state index in [1.165, 1.54) is 12.1 Å². The molecule has 0 saturated carbocycles. The van der Waals surface area contributed by atoms with Gasteiger partial charge in [-0.3, -0.25) is 9.69 Å². The minimum atomic E-state index is -0.444. The van der Waals surface area contributed by atoms with Crippen LogP contribution in [0.1, 0.15) is 29.8 Å². The van der Waals surface area contributed by atoms with Crippen LogP contribution in [0.5, 0.6) is 0 Å². The molecule has 1 aliphatic heterocycles. The van der Waals surface area contributed by atoms with Crippen LogP contribution in [-0.2, 0) is 4.74 Å². The molecule has 0 spiro atoms. The molecule has 1 unspecified atom stereocenters. The number of hydrogen-bond donors (Lipinski definition) is 0. The first-order chi connectivity index (χ1) is 8.99. The number of carbonyl (C=O) groups is 1. The maximum Gasteiger partial charge on any atom is 0.192 e. The quantitative estimate of drug-likeness (QED) is 0.786. The fraction of sp³-hybridized carbons (Fsp3) is 0.533. The first kappa shape index (κ1) is 14.2. The first-order valence-corrected chi connectivity index (χ1v) is 6.65. The van der Waals surface area contributed by atoms with Crippen LogP contribution in [0.2, 0.25) is 0 Å². The molecule has 2 rings (SSSR count). The molecule has 4 heteroatoms. The molecule has 0 aromatic heterocycles. The van der Waals surface area contributed by atoms with E-state index in [9.17, 15) is 9.18 Å². The fourth-order valence-corrected chi connectivity index (χ4v) is 2.28. The molecule has 0 aliphatic carbocycles. The molecule has 1 aromatic carbocycles. The van der Waals surface area contributed by atoms with Crippen LogP contribution < -0.4 is 0 Å². The van der Waals surface area contributed by atoms with E-state index in [0.717, 1.165) is 6.54 Å². The van der Waals surface area contributed by atoms with Crippen molar-refractivity contribution in [1.82, 2.24) is 4.90 Å². The smallest absolute Gasteiger partial charge is 0.192 e. The Morgan fingerprint density at radius 2 is 2.21 bits per heavy atom. The van der Waals surface area contributed by atoms with E-state index in [1.807, 2.05) is 0 Å². The number of morpholine rings is 1. The number of ether oxygens (including phenoxy) is 1. The Morgan fingerprint density at radius 1 is 1.47 bits per heavy atom. The molecule has 0 bridgehead atoms. The van der Waals surface area contributed by atoms with Crippen molar-refractivity contribution in [2.75, 3.05) is 19.7 Å². The summed E-state index contributed by atoms with van der Waals surface area (Å²) in [6, 6.07) is 4.86. The Kier molecular flexibility index (Phi) is 4.32. The average molecular weight is 265 g/mol. The summed E-state index contributed by atoms with van der Waals surface area (Å²) >= 11 is 0. The van der Waals surface area contributed by atoms with E-state index in [4.69, 9.17) is 4.74 Å². The van der Waals surface area contributed by atoms with Crippen LogP contribution in [0.3, 0.4) is 0 Å². The number of halogens is 1. The van der Waals surface area contributed by atoms with Gasteiger partial charge in [0.25, 0.3) is 0 Å². The van der Waals surface area contributed by atoms with Gasteiger partial charge in [-0.2, -0.15) is 0 Å². The molecule has 1 saturated heterocycles. The summed E-state index contributed by atoms with van der Waals surface area (Å²) in [4.78, 5) is 14.6. The van der Waals surface area contributed by atoms with Gasteiger partial charge in [0.15, 0.2) is 5.78 Å². The van der Waals surface area contributed by atoms with Gasteiger partial charge < -0.3 is 4.74 Å². The van der Waals surface area contributed by atoms with Gasteiger partial charge in [0.2, 0.25) is 0 Å². The summed E-state index contributed by atoms with van der Waals surface area (Å²) in [7, 11) is 0. The SMILES string of the molecule is Cc1cc(C(=O)C2CN(C(C)C)CCO2)ccc1F. The topological polar surface area (TPSA) is 29.5 Å². The third-order valence-corrected chi connectivity index (χ3v) is 3.56. The summed E-state index contributed by atoms with van der Waals surface area (Å²) in [5.74, 6) is -0.349. The summed E-state index contributed by atoms with van der Waals surface area (Å²) < 4.78 is 18.8. The average Bonchev–Trinajstić information content (AvgIpc) is 2.41. The summed E-state index contributed by atoms with van der Waals surface area (Å²) in [5.41, 5.74) is 1.01. The van der Waals surface area contributed by atoms with Crippen molar-refractivity contribution in [2.45, 2.75) is 32.9 Å². The lowest BCUT2D eigenvalue weighted by Crippen LogP contribution is -2.48. The van der Waals surface area contributed by atoms with Gasteiger partial charge in [0, 0.05) is 24.7 Å². The van der Waals surface area contributed by atoms with Gasteiger partial charge in [0.1, 0.15) is 11.9 Å². The monoisotopic (exact) mass is 265 g/mol. The highest BCUT2D eigenvalue weighted by atomic mass is 19.1. The molecule has 1 aromatic rings. The molecular weight excluding hydrogens is 245 g/mol. The molecule has 0 amide bonds. The van der Waals surface area contributed by atoms with Gasteiger partial charge in [-0.05, 0) is 44.5 Å². The van der Waals surface area contributed by atoms with Crippen molar-refractivity contribution in [1.29, 1.82) is 0 Å². The predicted octanol–water partition coefficient (Wildman–Crippen LogP) is 2.43. The number of Topliss-reactive ketones (excluding diaryl/α,β-unsaturated/α-hetero) is 1. The number of carbonyl (C=O) groups excluding carboxylic acids is 1. The maximum absolute atomic E-state index is 13.2. The number of ketones is 1. The van der Waals surface area contributed by atoms with Gasteiger partial charge in [-0.15, -0.1) is 0 Å². The second kappa shape index (κ2) is 5.80. The molecule has 1 heterocycles. The molecule has 1 fully saturated rings. The molecule has 104 valence electrons. The van der Waals surface area contributed by atoms with E-state index < -0.39 is 6.10 Å². The molecular formula is C15H20FNO2. The van der Waals surface area contributed by atoms with Gasteiger partial charge in [-0.25, -0.2) is 4.39 Å². The highest BCUT2D eigenvalue weighted by molar-refractivity contribution is 5.99. The molecule has 19 heavy (non-hydrogen) atoms. The van der Waals surface area contributed by atoms with Crippen molar-refractivity contribution < 1.29 is 13.9 Å². The van der Waals surface area contributed by atoms with Gasteiger partial charge in [-0.1, -0.05) is 0 Å².